The Hall–Kier alpha value is -1.69. The average Bonchev–Trinajstić information content (AvgIpc) is 2.91. The summed E-state index contributed by atoms with van der Waals surface area (Å²) < 4.78 is 5.91. The number of fused-ring (bicyclic) bond motifs is 2. The fourth-order valence-corrected chi connectivity index (χ4v) is 4.09. The molecular formula is C18H26N4O2. The van der Waals surface area contributed by atoms with E-state index in [4.69, 9.17) is 9.72 Å². The van der Waals surface area contributed by atoms with Gasteiger partial charge >= 0.3 is 0 Å². The Morgan fingerprint density at radius 3 is 2.79 bits per heavy atom. The lowest BCUT2D eigenvalue weighted by Crippen LogP contribution is -2.44. The zero-order valence-electron chi connectivity index (χ0n) is 14.8. The molecular weight excluding hydrogens is 304 g/mol. The number of likely N-dealkylation sites (tertiary alicyclic amines) is 1. The van der Waals surface area contributed by atoms with E-state index in [1.165, 1.54) is 6.42 Å². The van der Waals surface area contributed by atoms with Crippen molar-refractivity contribution >= 4 is 11.9 Å². The van der Waals surface area contributed by atoms with Gasteiger partial charge in [0.1, 0.15) is 0 Å². The summed E-state index contributed by atoms with van der Waals surface area (Å²) >= 11 is 0. The maximum atomic E-state index is 12.7. The van der Waals surface area contributed by atoms with Gasteiger partial charge in [-0.2, -0.15) is 0 Å². The van der Waals surface area contributed by atoms with Crippen LogP contribution in [0.3, 0.4) is 0 Å². The van der Waals surface area contributed by atoms with Crippen LogP contribution in [0.1, 0.15) is 42.6 Å². The van der Waals surface area contributed by atoms with Crippen LogP contribution in [0.2, 0.25) is 0 Å². The number of amides is 1. The first kappa shape index (κ1) is 15.8. The van der Waals surface area contributed by atoms with Crippen LogP contribution in [-0.2, 0) is 21.6 Å². The molecule has 1 saturated heterocycles. The summed E-state index contributed by atoms with van der Waals surface area (Å²) in [6.07, 6.45) is 4.24. The topological polar surface area (TPSA) is 58.6 Å². The number of carbonyl (C=O) groups is 1. The predicted molar refractivity (Wildman–Crippen MR) is 91.0 cm³/mol. The lowest BCUT2D eigenvalue weighted by Gasteiger charge is -2.36. The zero-order chi connectivity index (χ0) is 16.9. The number of hydrogen-bond donors (Lipinski definition) is 0. The second-order valence-corrected chi connectivity index (χ2v) is 7.74. The highest BCUT2D eigenvalue weighted by Gasteiger charge is 2.47. The molecule has 1 aromatic heterocycles. The molecule has 130 valence electrons. The highest BCUT2D eigenvalue weighted by atomic mass is 16.5. The summed E-state index contributed by atoms with van der Waals surface area (Å²) in [6, 6.07) is 0. The number of rotatable bonds is 2. The second kappa shape index (κ2) is 5.69. The van der Waals surface area contributed by atoms with Gasteiger partial charge < -0.3 is 14.5 Å². The first-order chi connectivity index (χ1) is 11.5. The number of anilines is 1. The molecule has 3 heterocycles. The minimum Gasteiger partial charge on any atom is -0.376 e. The van der Waals surface area contributed by atoms with Gasteiger partial charge in [-0.15, -0.1) is 0 Å². The van der Waals surface area contributed by atoms with Crippen molar-refractivity contribution in [2.75, 3.05) is 38.7 Å². The maximum absolute atomic E-state index is 12.7. The molecule has 6 heteroatoms. The average molecular weight is 330 g/mol. The van der Waals surface area contributed by atoms with Crippen molar-refractivity contribution in [2.24, 2.45) is 5.92 Å². The van der Waals surface area contributed by atoms with Crippen molar-refractivity contribution < 1.29 is 9.53 Å². The van der Waals surface area contributed by atoms with Crippen LogP contribution in [0, 0.1) is 12.8 Å². The summed E-state index contributed by atoms with van der Waals surface area (Å²) in [5.41, 5.74) is 3.05. The summed E-state index contributed by atoms with van der Waals surface area (Å²) in [4.78, 5) is 26.1. The molecule has 6 nitrogen and oxygen atoms in total. The molecule has 0 radical (unpaired) electrons. The number of ether oxygens (including phenoxy) is 1. The van der Waals surface area contributed by atoms with Crippen LogP contribution >= 0.6 is 0 Å². The smallest absolute Gasteiger partial charge is 0.225 e. The Bertz CT molecular complexity index is 671. The van der Waals surface area contributed by atoms with E-state index in [0.29, 0.717) is 19.1 Å². The van der Waals surface area contributed by atoms with E-state index >= 15 is 0 Å². The zero-order valence-corrected chi connectivity index (χ0v) is 14.8. The van der Waals surface area contributed by atoms with Crippen molar-refractivity contribution in [3.8, 4) is 0 Å². The number of aromatic nitrogens is 2. The molecule has 1 aliphatic carbocycles. The molecule has 0 aromatic carbocycles. The van der Waals surface area contributed by atoms with Crippen molar-refractivity contribution in [2.45, 2.75) is 44.6 Å². The van der Waals surface area contributed by atoms with Crippen LogP contribution in [0.5, 0.6) is 0 Å². The van der Waals surface area contributed by atoms with E-state index < -0.39 is 0 Å². The molecule has 1 saturated carbocycles. The van der Waals surface area contributed by atoms with Crippen molar-refractivity contribution in [3.05, 3.63) is 17.0 Å². The van der Waals surface area contributed by atoms with Crippen LogP contribution in [0.4, 0.5) is 5.95 Å². The van der Waals surface area contributed by atoms with Gasteiger partial charge in [0, 0.05) is 44.4 Å². The quantitative estimate of drug-likeness (QED) is 0.825. The number of aryl methyl sites for hydroxylation is 1. The van der Waals surface area contributed by atoms with Gasteiger partial charge in [0.25, 0.3) is 0 Å². The molecule has 3 aliphatic rings. The SMILES string of the molecule is Cc1nc(N(C)C)nc2c1COC[C@]21CCN(C(=O)C2CCC2)C1. The lowest BCUT2D eigenvalue weighted by atomic mass is 9.80. The molecule has 2 fully saturated rings. The Labute approximate surface area is 143 Å². The van der Waals surface area contributed by atoms with E-state index in [1.807, 2.05) is 25.9 Å². The Morgan fingerprint density at radius 2 is 2.12 bits per heavy atom. The Kier molecular flexibility index (Phi) is 3.75. The standard InChI is InChI=1S/C18H26N4O2/c1-12-14-9-24-11-18(15(14)20-17(19-12)21(2)3)7-8-22(10-18)16(23)13-5-4-6-13/h13H,4-11H2,1-3H3/t18-/m1/s1. The largest absolute Gasteiger partial charge is 0.376 e. The second-order valence-electron chi connectivity index (χ2n) is 7.74. The fourth-order valence-electron chi connectivity index (χ4n) is 4.09. The molecule has 24 heavy (non-hydrogen) atoms. The van der Waals surface area contributed by atoms with Gasteiger partial charge in [0.2, 0.25) is 11.9 Å². The molecule has 1 amide bonds. The summed E-state index contributed by atoms with van der Waals surface area (Å²) in [5, 5.41) is 0. The summed E-state index contributed by atoms with van der Waals surface area (Å²) in [6.45, 7) is 4.81. The van der Waals surface area contributed by atoms with Gasteiger partial charge in [-0.3, -0.25) is 4.79 Å². The third-order valence-electron chi connectivity index (χ3n) is 5.85. The molecule has 4 rings (SSSR count). The van der Waals surface area contributed by atoms with Crippen molar-refractivity contribution in [1.82, 2.24) is 14.9 Å². The summed E-state index contributed by atoms with van der Waals surface area (Å²) in [5.74, 6) is 1.34. The van der Waals surface area contributed by atoms with Crippen LogP contribution in [0.15, 0.2) is 0 Å². The van der Waals surface area contributed by atoms with Crippen molar-refractivity contribution in [3.63, 3.8) is 0 Å². The summed E-state index contributed by atoms with van der Waals surface area (Å²) in [7, 11) is 3.93. The third kappa shape index (κ3) is 2.39. The molecule has 0 N–H and O–H groups in total. The van der Waals surface area contributed by atoms with Crippen LogP contribution in [0.25, 0.3) is 0 Å². The molecule has 0 bridgehead atoms. The van der Waals surface area contributed by atoms with E-state index in [0.717, 1.165) is 55.3 Å². The Morgan fingerprint density at radius 1 is 1.33 bits per heavy atom. The van der Waals surface area contributed by atoms with E-state index in [1.54, 1.807) is 0 Å². The number of hydrogen-bond acceptors (Lipinski definition) is 5. The van der Waals surface area contributed by atoms with E-state index in [-0.39, 0.29) is 11.3 Å². The number of nitrogens with zero attached hydrogens (tertiary/aromatic N) is 4. The normalized spacial score (nSPS) is 26.4. The molecule has 1 aromatic rings. The van der Waals surface area contributed by atoms with Gasteiger partial charge in [-0.1, -0.05) is 6.42 Å². The third-order valence-corrected chi connectivity index (χ3v) is 5.85. The van der Waals surface area contributed by atoms with Gasteiger partial charge in [0.05, 0.1) is 24.3 Å². The minimum atomic E-state index is -0.161. The predicted octanol–water partition coefficient (Wildman–Crippen LogP) is 1.65. The minimum absolute atomic E-state index is 0.161. The highest BCUT2D eigenvalue weighted by Crippen LogP contribution is 2.41. The maximum Gasteiger partial charge on any atom is 0.225 e. The van der Waals surface area contributed by atoms with E-state index in [2.05, 4.69) is 9.88 Å². The van der Waals surface area contributed by atoms with Crippen molar-refractivity contribution in [1.29, 1.82) is 0 Å². The molecule has 0 unspecified atom stereocenters. The number of carbonyl (C=O) groups excluding carboxylic acids is 1. The fraction of sp³-hybridized carbons (Fsp3) is 0.722. The molecule has 2 aliphatic heterocycles. The Balaban J connectivity index is 1.67. The molecule has 1 spiro atoms. The van der Waals surface area contributed by atoms with Gasteiger partial charge in [-0.25, -0.2) is 9.97 Å². The monoisotopic (exact) mass is 330 g/mol. The molecule has 1 atom stereocenters. The van der Waals surface area contributed by atoms with E-state index in [9.17, 15) is 4.79 Å². The van der Waals surface area contributed by atoms with Gasteiger partial charge in [-0.05, 0) is 26.2 Å². The first-order valence-corrected chi connectivity index (χ1v) is 8.92. The highest BCUT2D eigenvalue weighted by molar-refractivity contribution is 5.80. The van der Waals surface area contributed by atoms with Crippen LogP contribution < -0.4 is 4.90 Å². The lowest BCUT2D eigenvalue weighted by molar-refractivity contribution is -0.137. The van der Waals surface area contributed by atoms with Crippen LogP contribution in [-0.4, -0.2) is 54.6 Å². The van der Waals surface area contributed by atoms with Gasteiger partial charge in [0.15, 0.2) is 0 Å². The first-order valence-electron chi connectivity index (χ1n) is 8.92.